The lowest BCUT2D eigenvalue weighted by Gasteiger charge is -2.11. The molecule has 0 bridgehead atoms. The van der Waals surface area contributed by atoms with Crippen molar-refractivity contribution in [3.8, 4) is 17.0 Å². The molecule has 94 valence electrons. The van der Waals surface area contributed by atoms with Gasteiger partial charge < -0.3 is 10.1 Å². The average molecular weight is 243 g/mol. The lowest BCUT2D eigenvalue weighted by atomic mass is 10.0. The van der Waals surface area contributed by atoms with Crippen LogP contribution in [-0.2, 0) is 6.42 Å². The van der Waals surface area contributed by atoms with Crippen molar-refractivity contribution in [2.45, 2.75) is 13.3 Å². The van der Waals surface area contributed by atoms with Crippen LogP contribution in [0, 0.1) is 0 Å². The highest BCUT2D eigenvalue weighted by Crippen LogP contribution is 2.28. The fourth-order valence-electron chi connectivity index (χ4n) is 1.98. The minimum absolute atomic E-state index is 0.833. The van der Waals surface area contributed by atoms with Gasteiger partial charge in [-0.15, -0.1) is 0 Å². The summed E-state index contributed by atoms with van der Waals surface area (Å²) in [5.74, 6) is 1.71. The predicted octanol–water partition coefficient (Wildman–Crippen LogP) is 2.76. The van der Waals surface area contributed by atoms with Crippen LogP contribution in [0.5, 0.6) is 5.75 Å². The molecular formula is C14H17N3O. The Morgan fingerprint density at radius 2 is 2.11 bits per heavy atom. The number of hydrogen-bond donors (Lipinski definition) is 1. The van der Waals surface area contributed by atoms with Crippen molar-refractivity contribution in [2.75, 3.05) is 19.5 Å². The van der Waals surface area contributed by atoms with Crippen LogP contribution in [0.4, 0.5) is 5.82 Å². The van der Waals surface area contributed by atoms with Gasteiger partial charge in [0.1, 0.15) is 17.9 Å². The van der Waals surface area contributed by atoms with Crippen molar-refractivity contribution in [1.29, 1.82) is 0 Å². The Hall–Kier alpha value is -2.10. The minimum atomic E-state index is 0.833. The fraction of sp³-hybridized carbons (Fsp3) is 0.286. The standard InChI is InChI=1S/C14H17N3O/c1-4-12-13(16-9-17-14(12)15-2)10-6-5-7-11(8-10)18-3/h5-9H,4H2,1-3H3,(H,15,16,17). The minimum Gasteiger partial charge on any atom is -0.497 e. The molecule has 1 heterocycles. The number of nitrogens with zero attached hydrogens (tertiary/aromatic N) is 2. The Morgan fingerprint density at radius 1 is 1.28 bits per heavy atom. The summed E-state index contributed by atoms with van der Waals surface area (Å²) in [5.41, 5.74) is 3.12. The van der Waals surface area contributed by atoms with Crippen molar-refractivity contribution in [2.24, 2.45) is 0 Å². The van der Waals surface area contributed by atoms with Crippen LogP contribution in [0.2, 0.25) is 0 Å². The van der Waals surface area contributed by atoms with Gasteiger partial charge in [0.25, 0.3) is 0 Å². The van der Waals surface area contributed by atoms with E-state index in [-0.39, 0.29) is 0 Å². The molecule has 0 spiro atoms. The molecule has 1 N–H and O–H groups in total. The zero-order valence-corrected chi connectivity index (χ0v) is 10.9. The molecule has 0 aliphatic rings. The van der Waals surface area contributed by atoms with Crippen LogP contribution in [0.3, 0.4) is 0 Å². The maximum Gasteiger partial charge on any atom is 0.132 e. The van der Waals surface area contributed by atoms with Crippen molar-refractivity contribution < 1.29 is 4.74 Å². The lowest BCUT2D eigenvalue weighted by molar-refractivity contribution is 0.415. The van der Waals surface area contributed by atoms with Gasteiger partial charge in [-0.1, -0.05) is 19.1 Å². The molecule has 18 heavy (non-hydrogen) atoms. The molecule has 4 nitrogen and oxygen atoms in total. The molecule has 0 saturated carbocycles. The van der Waals surface area contributed by atoms with Gasteiger partial charge in [-0.3, -0.25) is 0 Å². The van der Waals surface area contributed by atoms with Crippen molar-refractivity contribution >= 4 is 5.82 Å². The molecular weight excluding hydrogens is 226 g/mol. The van der Waals surface area contributed by atoms with E-state index in [2.05, 4.69) is 22.2 Å². The van der Waals surface area contributed by atoms with Gasteiger partial charge in [0, 0.05) is 18.2 Å². The Morgan fingerprint density at radius 3 is 2.78 bits per heavy atom. The van der Waals surface area contributed by atoms with E-state index in [4.69, 9.17) is 4.74 Å². The maximum atomic E-state index is 5.25. The number of methoxy groups -OCH3 is 1. The Balaban J connectivity index is 2.55. The van der Waals surface area contributed by atoms with Crippen molar-refractivity contribution in [1.82, 2.24) is 9.97 Å². The van der Waals surface area contributed by atoms with Gasteiger partial charge in [-0.05, 0) is 18.6 Å². The number of rotatable bonds is 4. The molecule has 0 unspecified atom stereocenters. The Kier molecular flexibility index (Phi) is 3.77. The summed E-state index contributed by atoms with van der Waals surface area (Å²) in [4.78, 5) is 8.64. The van der Waals surface area contributed by atoms with Crippen LogP contribution >= 0.6 is 0 Å². The number of hydrogen-bond acceptors (Lipinski definition) is 4. The van der Waals surface area contributed by atoms with Gasteiger partial charge in [-0.25, -0.2) is 9.97 Å². The summed E-state index contributed by atoms with van der Waals surface area (Å²) in [6, 6.07) is 7.91. The van der Waals surface area contributed by atoms with E-state index in [0.29, 0.717) is 0 Å². The monoisotopic (exact) mass is 243 g/mol. The molecule has 0 fully saturated rings. The molecule has 0 saturated heterocycles. The third-order valence-electron chi connectivity index (χ3n) is 2.88. The third-order valence-corrected chi connectivity index (χ3v) is 2.88. The van der Waals surface area contributed by atoms with Crippen LogP contribution in [0.25, 0.3) is 11.3 Å². The highest BCUT2D eigenvalue weighted by atomic mass is 16.5. The third kappa shape index (κ3) is 2.27. The van der Waals surface area contributed by atoms with Crippen molar-refractivity contribution in [3.63, 3.8) is 0 Å². The van der Waals surface area contributed by atoms with Gasteiger partial charge in [-0.2, -0.15) is 0 Å². The van der Waals surface area contributed by atoms with E-state index >= 15 is 0 Å². The number of anilines is 1. The number of ether oxygens (including phenoxy) is 1. The van der Waals surface area contributed by atoms with E-state index in [1.807, 2.05) is 31.3 Å². The molecule has 4 heteroatoms. The largest absolute Gasteiger partial charge is 0.497 e. The SMILES string of the molecule is CCc1c(NC)ncnc1-c1cccc(OC)c1. The van der Waals surface area contributed by atoms with E-state index in [0.717, 1.165) is 34.8 Å². The van der Waals surface area contributed by atoms with Gasteiger partial charge in [0.15, 0.2) is 0 Å². The molecule has 2 rings (SSSR count). The molecule has 0 aliphatic carbocycles. The Labute approximate surface area is 107 Å². The summed E-state index contributed by atoms with van der Waals surface area (Å²) in [6.07, 6.45) is 2.46. The highest BCUT2D eigenvalue weighted by Gasteiger charge is 2.11. The first-order valence-electron chi connectivity index (χ1n) is 5.96. The second-order valence-electron chi connectivity index (χ2n) is 3.88. The number of benzene rings is 1. The van der Waals surface area contributed by atoms with E-state index in [1.165, 1.54) is 0 Å². The molecule has 2 aromatic rings. The molecule has 1 aromatic heterocycles. The van der Waals surface area contributed by atoms with E-state index < -0.39 is 0 Å². The predicted molar refractivity (Wildman–Crippen MR) is 72.9 cm³/mol. The summed E-state index contributed by atoms with van der Waals surface area (Å²) in [5, 5.41) is 3.10. The van der Waals surface area contributed by atoms with Crippen LogP contribution in [0.15, 0.2) is 30.6 Å². The quantitative estimate of drug-likeness (QED) is 0.897. The van der Waals surface area contributed by atoms with Crippen molar-refractivity contribution in [3.05, 3.63) is 36.2 Å². The first kappa shape index (κ1) is 12.4. The second-order valence-corrected chi connectivity index (χ2v) is 3.88. The van der Waals surface area contributed by atoms with Crippen LogP contribution in [-0.4, -0.2) is 24.1 Å². The van der Waals surface area contributed by atoms with Gasteiger partial charge in [0.2, 0.25) is 0 Å². The average Bonchev–Trinajstić information content (AvgIpc) is 2.46. The molecule has 0 amide bonds. The first-order chi connectivity index (χ1) is 8.80. The zero-order chi connectivity index (χ0) is 13.0. The molecule has 0 aliphatic heterocycles. The molecule has 0 atom stereocenters. The summed E-state index contributed by atoms with van der Waals surface area (Å²) < 4.78 is 5.25. The summed E-state index contributed by atoms with van der Waals surface area (Å²) >= 11 is 0. The zero-order valence-electron chi connectivity index (χ0n) is 10.9. The smallest absolute Gasteiger partial charge is 0.132 e. The highest BCUT2D eigenvalue weighted by molar-refractivity contribution is 5.69. The number of nitrogens with one attached hydrogen (secondary N) is 1. The Bertz CT molecular complexity index is 540. The lowest BCUT2D eigenvalue weighted by Crippen LogP contribution is -2.02. The summed E-state index contributed by atoms with van der Waals surface area (Å²) in [7, 11) is 3.54. The maximum absolute atomic E-state index is 5.25. The molecule has 1 aromatic carbocycles. The van der Waals surface area contributed by atoms with E-state index in [1.54, 1.807) is 13.4 Å². The van der Waals surface area contributed by atoms with Gasteiger partial charge >= 0.3 is 0 Å². The van der Waals surface area contributed by atoms with Crippen LogP contribution in [0.1, 0.15) is 12.5 Å². The summed E-state index contributed by atoms with van der Waals surface area (Å²) in [6.45, 7) is 2.10. The molecule has 0 radical (unpaired) electrons. The van der Waals surface area contributed by atoms with E-state index in [9.17, 15) is 0 Å². The fourth-order valence-corrected chi connectivity index (χ4v) is 1.98. The first-order valence-corrected chi connectivity index (χ1v) is 5.96. The second kappa shape index (κ2) is 5.49. The number of aromatic nitrogens is 2. The normalized spacial score (nSPS) is 10.2. The van der Waals surface area contributed by atoms with Crippen LogP contribution < -0.4 is 10.1 Å². The topological polar surface area (TPSA) is 47.0 Å². The van der Waals surface area contributed by atoms with Gasteiger partial charge in [0.05, 0.1) is 12.8 Å².